The predicted octanol–water partition coefficient (Wildman–Crippen LogP) is 8.25. The van der Waals surface area contributed by atoms with Crippen LogP contribution >= 0.6 is 0 Å². The molecule has 0 heterocycles. The van der Waals surface area contributed by atoms with Crippen LogP contribution in [-0.4, -0.2) is 0 Å². The van der Waals surface area contributed by atoms with Crippen molar-refractivity contribution in [1.29, 1.82) is 0 Å². The number of hydrogen-bond donors (Lipinski definition) is 0. The maximum absolute atomic E-state index is 2.72. The molecule has 0 aromatic rings. The average Bonchev–Trinajstić information content (AvgIpc) is 2.96. The Morgan fingerprint density at radius 2 is 1.58 bits per heavy atom. The van der Waals surface area contributed by atoms with Gasteiger partial charge in [-0.3, -0.25) is 0 Å². The largest absolute Gasteiger partial charge is 0.0654 e. The first-order valence-corrected chi connectivity index (χ1v) is 12.5. The minimum Gasteiger partial charge on any atom is -0.0654 e. The van der Waals surface area contributed by atoms with Crippen LogP contribution in [0.3, 0.4) is 0 Å². The molecule has 150 valence electrons. The smallest absolute Gasteiger partial charge is 0.0266 e. The molecule has 0 heteroatoms. The van der Waals surface area contributed by atoms with Crippen molar-refractivity contribution in [2.75, 3.05) is 0 Å². The third-order valence-electron chi connectivity index (χ3n) is 10.3. The van der Waals surface area contributed by atoms with E-state index in [9.17, 15) is 0 Å². The fourth-order valence-electron chi connectivity index (χ4n) is 8.95. The van der Waals surface area contributed by atoms with Gasteiger partial charge in [-0.15, -0.1) is 0 Å². The molecule has 2 unspecified atom stereocenters. The molecule has 0 saturated heterocycles. The Kier molecular flexibility index (Phi) is 5.53. The lowest BCUT2D eigenvalue weighted by molar-refractivity contribution is -0.0796. The first-order valence-electron chi connectivity index (χ1n) is 12.5. The van der Waals surface area contributed by atoms with Crippen LogP contribution in [0.5, 0.6) is 0 Å². The Balaban J connectivity index is 1.45. The maximum atomic E-state index is 2.72. The molecule has 8 atom stereocenters. The molecular formula is C26H46. The van der Waals surface area contributed by atoms with E-state index in [1.807, 2.05) is 0 Å². The first-order chi connectivity index (χ1) is 12.5. The van der Waals surface area contributed by atoms with E-state index in [0.29, 0.717) is 10.8 Å². The highest BCUT2D eigenvalue weighted by molar-refractivity contribution is 5.06. The van der Waals surface area contributed by atoms with Gasteiger partial charge < -0.3 is 0 Å². The van der Waals surface area contributed by atoms with Gasteiger partial charge in [0, 0.05) is 0 Å². The van der Waals surface area contributed by atoms with E-state index in [1.54, 1.807) is 51.4 Å². The third kappa shape index (κ3) is 3.20. The summed E-state index contributed by atoms with van der Waals surface area (Å²) in [6.45, 7) is 10.1. The molecule has 0 aromatic heterocycles. The monoisotopic (exact) mass is 358 g/mol. The zero-order valence-electron chi connectivity index (χ0n) is 18.4. The molecule has 4 aliphatic carbocycles. The fraction of sp³-hybridized carbons (Fsp3) is 1.00. The van der Waals surface area contributed by atoms with Crippen molar-refractivity contribution < 1.29 is 0 Å². The molecule has 26 heavy (non-hydrogen) atoms. The Hall–Kier alpha value is 0. The van der Waals surface area contributed by atoms with Gasteiger partial charge in [0.05, 0.1) is 0 Å². The molecule has 4 aliphatic rings. The van der Waals surface area contributed by atoms with Gasteiger partial charge in [0.15, 0.2) is 0 Å². The molecule has 0 bridgehead atoms. The van der Waals surface area contributed by atoms with Gasteiger partial charge in [-0.05, 0) is 111 Å². The Bertz CT molecular complexity index is 480. The quantitative estimate of drug-likeness (QED) is 0.464. The number of hydrogen-bond acceptors (Lipinski definition) is 0. The fourth-order valence-corrected chi connectivity index (χ4v) is 8.95. The van der Waals surface area contributed by atoms with Crippen LogP contribution in [0.1, 0.15) is 118 Å². The second-order valence-electron chi connectivity index (χ2n) is 11.7. The number of rotatable bonds is 5. The first kappa shape index (κ1) is 19.3. The maximum Gasteiger partial charge on any atom is -0.0266 e. The van der Waals surface area contributed by atoms with E-state index in [2.05, 4.69) is 27.7 Å². The summed E-state index contributed by atoms with van der Waals surface area (Å²) < 4.78 is 0. The van der Waals surface area contributed by atoms with Gasteiger partial charge >= 0.3 is 0 Å². The normalized spacial score (nSPS) is 50.8. The summed E-state index contributed by atoms with van der Waals surface area (Å²) in [6, 6.07) is 0. The third-order valence-corrected chi connectivity index (χ3v) is 10.3. The summed E-state index contributed by atoms with van der Waals surface area (Å²) in [5.74, 6) is 6.56. The van der Waals surface area contributed by atoms with Gasteiger partial charge in [-0.2, -0.15) is 0 Å². The zero-order chi connectivity index (χ0) is 18.4. The summed E-state index contributed by atoms with van der Waals surface area (Å²) in [4.78, 5) is 0. The second-order valence-corrected chi connectivity index (χ2v) is 11.7. The summed E-state index contributed by atoms with van der Waals surface area (Å²) in [5, 5.41) is 0. The second kappa shape index (κ2) is 7.44. The Labute approximate surface area is 164 Å². The minimum absolute atomic E-state index is 0.687. The van der Waals surface area contributed by atoms with Crippen LogP contribution in [0.4, 0.5) is 0 Å². The van der Waals surface area contributed by atoms with Crippen molar-refractivity contribution in [1.82, 2.24) is 0 Å². The Morgan fingerprint density at radius 1 is 0.769 bits per heavy atom. The van der Waals surface area contributed by atoms with Gasteiger partial charge in [-0.1, -0.05) is 53.4 Å². The Morgan fingerprint density at radius 3 is 2.35 bits per heavy atom. The van der Waals surface area contributed by atoms with Gasteiger partial charge in [0.25, 0.3) is 0 Å². The van der Waals surface area contributed by atoms with Crippen LogP contribution in [0.25, 0.3) is 0 Å². The van der Waals surface area contributed by atoms with Gasteiger partial charge in [-0.25, -0.2) is 0 Å². The van der Waals surface area contributed by atoms with Crippen LogP contribution in [0.15, 0.2) is 0 Å². The lowest BCUT2D eigenvalue weighted by Crippen LogP contribution is -2.49. The molecule has 0 aromatic carbocycles. The summed E-state index contributed by atoms with van der Waals surface area (Å²) in [5.41, 5.74) is 1.40. The summed E-state index contributed by atoms with van der Waals surface area (Å²) >= 11 is 0. The van der Waals surface area contributed by atoms with Crippen LogP contribution in [0, 0.1) is 46.3 Å². The van der Waals surface area contributed by atoms with E-state index in [0.717, 1.165) is 35.5 Å². The molecule has 4 rings (SSSR count). The molecule has 0 N–H and O–H groups in total. The highest BCUT2D eigenvalue weighted by Crippen LogP contribution is 2.65. The highest BCUT2D eigenvalue weighted by atomic mass is 14.6. The van der Waals surface area contributed by atoms with E-state index < -0.39 is 0 Å². The van der Waals surface area contributed by atoms with Crippen molar-refractivity contribution in [3.8, 4) is 0 Å². The molecule has 0 nitrogen and oxygen atoms in total. The van der Waals surface area contributed by atoms with Crippen LogP contribution < -0.4 is 0 Å². The number of unbranched alkanes of at least 4 members (excludes halogenated alkanes) is 1. The molecule has 0 spiro atoms. The van der Waals surface area contributed by atoms with Crippen molar-refractivity contribution >= 4 is 0 Å². The average molecular weight is 359 g/mol. The van der Waals surface area contributed by atoms with Crippen molar-refractivity contribution in [2.45, 2.75) is 118 Å². The predicted molar refractivity (Wildman–Crippen MR) is 113 cm³/mol. The van der Waals surface area contributed by atoms with E-state index in [1.165, 1.54) is 38.5 Å². The SMILES string of the molecule is CCCCC1(C)CC[C@H]2[C@@H](CCC3[C@@H]2CC[C@]2(C)[C@@H](CCC)CC[C@@H]32)C1. The van der Waals surface area contributed by atoms with Crippen molar-refractivity contribution in [3.63, 3.8) is 0 Å². The van der Waals surface area contributed by atoms with Gasteiger partial charge in [0.1, 0.15) is 0 Å². The van der Waals surface area contributed by atoms with Crippen LogP contribution in [-0.2, 0) is 0 Å². The lowest BCUT2D eigenvalue weighted by Gasteiger charge is -2.57. The molecule has 0 aliphatic heterocycles. The number of fused-ring (bicyclic) bond motifs is 5. The van der Waals surface area contributed by atoms with Gasteiger partial charge in [0.2, 0.25) is 0 Å². The van der Waals surface area contributed by atoms with E-state index >= 15 is 0 Å². The molecule has 4 fully saturated rings. The molecule has 0 radical (unpaired) electrons. The van der Waals surface area contributed by atoms with E-state index in [4.69, 9.17) is 0 Å². The molecular weight excluding hydrogens is 312 g/mol. The van der Waals surface area contributed by atoms with Crippen molar-refractivity contribution in [2.24, 2.45) is 46.3 Å². The minimum atomic E-state index is 0.687. The lowest BCUT2D eigenvalue weighted by atomic mass is 9.48. The zero-order valence-corrected chi connectivity index (χ0v) is 18.4. The summed E-state index contributed by atoms with van der Waals surface area (Å²) in [6.07, 6.45) is 21.4. The molecule has 0 amide bonds. The van der Waals surface area contributed by atoms with E-state index in [-0.39, 0.29) is 0 Å². The summed E-state index contributed by atoms with van der Waals surface area (Å²) in [7, 11) is 0. The van der Waals surface area contributed by atoms with Crippen molar-refractivity contribution in [3.05, 3.63) is 0 Å². The topological polar surface area (TPSA) is 0 Å². The molecule has 4 saturated carbocycles. The van der Waals surface area contributed by atoms with Crippen LogP contribution in [0.2, 0.25) is 0 Å². The standard InChI is InChI=1S/C26H46/c1-5-7-15-25(3)16-13-21-19(18-25)9-11-23-22(21)14-17-26(4)20(8-6-2)10-12-24(23)26/h19-24H,5-18H2,1-4H3/t19-,20-,21-,22+,23?,24-,25?,26+/m0/s1. The highest BCUT2D eigenvalue weighted by Gasteiger charge is 2.57.